The van der Waals surface area contributed by atoms with E-state index in [0.29, 0.717) is 12.2 Å². The molecule has 0 atom stereocenters. The van der Waals surface area contributed by atoms with Crippen LogP contribution in [0.25, 0.3) is 0 Å². The number of nitrogens with zero attached hydrogens (tertiary/aromatic N) is 1. The SMILES string of the molecule is CCCCC(=O)Nc1ccc(I)cn1. The van der Waals surface area contributed by atoms with Crippen LogP contribution in [-0.4, -0.2) is 10.9 Å². The van der Waals surface area contributed by atoms with Gasteiger partial charge in [-0.1, -0.05) is 13.3 Å². The van der Waals surface area contributed by atoms with E-state index in [0.717, 1.165) is 16.4 Å². The van der Waals surface area contributed by atoms with Gasteiger partial charge in [0, 0.05) is 16.2 Å². The Morgan fingerprint density at radius 3 is 2.93 bits per heavy atom. The number of amides is 1. The molecule has 1 amide bonds. The van der Waals surface area contributed by atoms with Gasteiger partial charge >= 0.3 is 0 Å². The molecule has 76 valence electrons. The Bertz CT molecular complexity index is 297. The Morgan fingerprint density at radius 1 is 1.57 bits per heavy atom. The summed E-state index contributed by atoms with van der Waals surface area (Å²) in [6, 6.07) is 3.73. The van der Waals surface area contributed by atoms with Crippen molar-refractivity contribution in [2.24, 2.45) is 0 Å². The first-order chi connectivity index (χ1) is 6.72. The molecule has 0 saturated carbocycles. The monoisotopic (exact) mass is 304 g/mol. The molecule has 0 fully saturated rings. The third kappa shape index (κ3) is 4.04. The standard InChI is InChI=1S/C10H13IN2O/c1-2-3-4-10(14)13-9-6-5-8(11)7-12-9/h5-7H,2-4H2,1H3,(H,12,13,14). The van der Waals surface area contributed by atoms with E-state index in [9.17, 15) is 4.79 Å². The van der Waals surface area contributed by atoms with Crippen molar-refractivity contribution in [1.29, 1.82) is 0 Å². The molecule has 0 aliphatic carbocycles. The van der Waals surface area contributed by atoms with Gasteiger partial charge in [0.05, 0.1) is 0 Å². The maximum Gasteiger partial charge on any atom is 0.225 e. The fourth-order valence-corrected chi connectivity index (χ4v) is 1.31. The van der Waals surface area contributed by atoms with Gasteiger partial charge in [-0.25, -0.2) is 4.98 Å². The first kappa shape index (κ1) is 11.4. The second-order valence-corrected chi connectivity index (χ2v) is 4.26. The lowest BCUT2D eigenvalue weighted by molar-refractivity contribution is -0.116. The maximum atomic E-state index is 11.3. The number of carbonyl (C=O) groups is 1. The minimum atomic E-state index is 0.0422. The van der Waals surface area contributed by atoms with E-state index in [1.165, 1.54) is 0 Å². The Balaban J connectivity index is 2.44. The second kappa shape index (κ2) is 5.95. The first-order valence-corrected chi connectivity index (χ1v) is 5.71. The topological polar surface area (TPSA) is 42.0 Å². The number of pyridine rings is 1. The zero-order valence-corrected chi connectivity index (χ0v) is 10.2. The normalized spacial score (nSPS) is 9.86. The van der Waals surface area contributed by atoms with Crippen LogP contribution in [0.5, 0.6) is 0 Å². The van der Waals surface area contributed by atoms with Gasteiger partial charge in [0.15, 0.2) is 0 Å². The largest absolute Gasteiger partial charge is 0.311 e. The molecule has 1 rings (SSSR count). The zero-order valence-electron chi connectivity index (χ0n) is 8.09. The van der Waals surface area contributed by atoms with Gasteiger partial charge in [-0.3, -0.25) is 4.79 Å². The van der Waals surface area contributed by atoms with Crippen LogP contribution in [0.3, 0.4) is 0 Å². The number of aromatic nitrogens is 1. The zero-order chi connectivity index (χ0) is 10.4. The highest BCUT2D eigenvalue weighted by molar-refractivity contribution is 14.1. The first-order valence-electron chi connectivity index (χ1n) is 4.63. The Morgan fingerprint density at radius 2 is 2.36 bits per heavy atom. The highest BCUT2D eigenvalue weighted by Crippen LogP contribution is 2.07. The summed E-state index contributed by atoms with van der Waals surface area (Å²) < 4.78 is 1.06. The molecular weight excluding hydrogens is 291 g/mol. The number of anilines is 1. The van der Waals surface area contributed by atoms with Crippen LogP contribution < -0.4 is 5.32 Å². The summed E-state index contributed by atoms with van der Waals surface area (Å²) in [6.07, 6.45) is 4.27. The second-order valence-electron chi connectivity index (χ2n) is 3.01. The molecule has 0 aliphatic rings. The predicted molar refractivity (Wildman–Crippen MR) is 65.1 cm³/mol. The summed E-state index contributed by atoms with van der Waals surface area (Å²) in [5.41, 5.74) is 0. The van der Waals surface area contributed by atoms with Crippen molar-refractivity contribution < 1.29 is 4.79 Å². The molecule has 4 heteroatoms. The van der Waals surface area contributed by atoms with Gasteiger partial charge in [0.2, 0.25) is 5.91 Å². The molecule has 1 aromatic heterocycles. The molecule has 0 unspecified atom stereocenters. The van der Waals surface area contributed by atoms with E-state index in [4.69, 9.17) is 0 Å². The summed E-state index contributed by atoms with van der Waals surface area (Å²) >= 11 is 2.18. The van der Waals surface area contributed by atoms with E-state index in [1.54, 1.807) is 6.20 Å². The van der Waals surface area contributed by atoms with Crippen molar-refractivity contribution in [3.05, 3.63) is 21.9 Å². The molecule has 3 nitrogen and oxygen atoms in total. The number of hydrogen-bond donors (Lipinski definition) is 1. The van der Waals surface area contributed by atoms with Crippen LogP contribution in [0, 0.1) is 3.57 Å². The van der Waals surface area contributed by atoms with Crippen LogP contribution >= 0.6 is 22.6 Å². The lowest BCUT2D eigenvalue weighted by atomic mass is 10.2. The molecule has 14 heavy (non-hydrogen) atoms. The van der Waals surface area contributed by atoms with E-state index in [1.807, 2.05) is 12.1 Å². The Kier molecular flexibility index (Phi) is 4.86. The molecule has 0 aliphatic heterocycles. The molecule has 1 heterocycles. The maximum absolute atomic E-state index is 11.3. The molecule has 0 spiro atoms. The number of carbonyl (C=O) groups excluding carboxylic acids is 1. The van der Waals surface area contributed by atoms with Crippen molar-refractivity contribution in [3.8, 4) is 0 Å². The van der Waals surface area contributed by atoms with Crippen molar-refractivity contribution in [3.63, 3.8) is 0 Å². The molecule has 0 saturated heterocycles. The van der Waals surface area contributed by atoms with Crippen molar-refractivity contribution >= 4 is 34.3 Å². The average Bonchev–Trinajstić information content (AvgIpc) is 2.18. The van der Waals surface area contributed by atoms with E-state index >= 15 is 0 Å². The van der Waals surface area contributed by atoms with Gasteiger partial charge < -0.3 is 5.32 Å². The number of halogens is 1. The van der Waals surface area contributed by atoms with Crippen LogP contribution in [0.1, 0.15) is 26.2 Å². The minimum absolute atomic E-state index is 0.0422. The van der Waals surface area contributed by atoms with Crippen molar-refractivity contribution in [2.45, 2.75) is 26.2 Å². The number of hydrogen-bond acceptors (Lipinski definition) is 2. The van der Waals surface area contributed by atoms with Gasteiger partial charge in [-0.05, 0) is 41.1 Å². The van der Waals surface area contributed by atoms with E-state index in [-0.39, 0.29) is 5.91 Å². The lowest BCUT2D eigenvalue weighted by Gasteiger charge is -2.02. The average molecular weight is 304 g/mol. The summed E-state index contributed by atoms with van der Waals surface area (Å²) in [4.78, 5) is 15.4. The highest BCUT2D eigenvalue weighted by Gasteiger charge is 2.01. The molecular formula is C10H13IN2O. The van der Waals surface area contributed by atoms with Gasteiger partial charge in [0.25, 0.3) is 0 Å². The molecule has 0 bridgehead atoms. The molecule has 0 radical (unpaired) electrons. The summed E-state index contributed by atoms with van der Waals surface area (Å²) in [5, 5.41) is 2.75. The van der Waals surface area contributed by atoms with Crippen LogP contribution in [-0.2, 0) is 4.79 Å². The highest BCUT2D eigenvalue weighted by atomic mass is 127. The van der Waals surface area contributed by atoms with Crippen LogP contribution in [0.4, 0.5) is 5.82 Å². The fraction of sp³-hybridized carbons (Fsp3) is 0.400. The van der Waals surface area contributed by atoms with Gasteiger partial charge in [-0.2, -0.15) is 0 Å². The fourth-order valence-electron chi connectivity index (χ4n) is 0.992. The summed E-state index contributed by atoms with van der Waals surface area (Å²) in [6.45, 7) is 2.07. The van der Waals surface area contributed by atoms with Gasteiger partial charge in [0.1, 0.15) is 5.82 Å². The summed E-state index contributed by atoms with van der Waals surface area (Å²) in [5.74, 6) is 0.673. The third-order valence-electron chi connectivity index (χ3n) is 1.75. The third-order valence-corrected chi connectivity index (χ3v) is 2.39. The van der Waals surface area contributed by atoms with Crippen LogP contribution in [0.15, 0.2) is 18.3 Å². The number of unbranched alkanes of at least 4 members (excludes halogenated alkanes) is 1. The quantitative estimate of drug-likeness (QED) is 0.869. The Hall–Kier alpha value is -0.650. The Labute approximate surface area is 97.4 Å². The van der Waals surface area contributed by atoms with E-state index < -0.39 is 0 Å². The predicted octanol–water partition coefficient (Wildman–Crippen LogP) is 2.81. The van der Waals surface area contributed by atoms with Crippen molar-refractivity contribution in [1.82, 2.24) is 4.98 Å². The lowest BCUT2D eigenvalue weighted by Crippen LogP contribution is -2.11. The summed E-state index contributed by atoms with van der Waals surface area (Å²) in [7, 11) is 0. The smallest absolute Gasteiger partial charge is 0.225 e. The number of nitrogens with one attached hydrogen (secondary N) is 1. The molecule has 0 aromatic carbocycles. The minimum Gasteiger partial charge on any atom is -0.311 e. The van der Waals surface area contributed by atoms with E-state index in [2.05, 4.69) is 39.8 Å². The molecule has 1 N–H and O–H groups in total. The molecule has 1 aromatic rings. The van der Waals surface area contributed by atoms with Gasteiger partial charge in [-0.15, -0.1) is 0 Å². The van der Waals surface area contributed by atoms with Crippen LogP contribution in [0.2, 0.25) is 0 Å². The van der Waals surface area contributed by atoms with Crippen molar-refractivity contribution in [2.75, 3.05) is 5.32 Å². The number of rotatable bonds is 4.